The van der Waals surface area contributed by atoms with Crippen molar-refractivity contribution in [3.63, 3.8) is 0 Å². The van der Waals surface area contributed by atoms with E-state index >= 15 is 0 Å². The number of aryl methyl sites for hydroxylation is 2. The smallest absolute Gasteiger partial charge is 0.229 e. The molecule has 158 valence electrons. The summed E-state index contributed by atoms with van der Waals surface area (Å²) >= 11 is 0. The Morgan fingerprint density at radius 2 is 1.87 bits per heavy atom. The maximum atomic E-state index is 9.31. The molecule has 0 aliphatic rings. The highest BCUT2D eigenvalue weighted by Gasteiger charge is 2.26. The Hall–Kier alpha value is -3.12. The molecule has 31 heavy (non-hydrogen) atoms. The molecule has 0 saturated carbocycles. The lowest BCUT2D eigenvalue weighted by molar-refractivity contribution is -0.667. The van der Waals surface area contributed by atoms with Crippen LogP contribution < -0.4 is 4.57 Å². The predicted molar refractivity (Wildman–Crippen MR) is 129 cm³/mol. The first-order valence-electron chi connectivity index (χ1n) is 14.6. The van der Waals surface area contributed by atoms with Gasteiger partial charge in [0.25, 0.3) is 0 Å². The summed E-state index contributed by atoms with van der Waals surface area (Å²) in [6, 6.07) is 5.99. The van der Waals surface area contributed by atoms with Crippen LogP contribution in [-0.4, -0.2) is 0 Å². The second-order valence-electron chi connectivity index (χ2n) is 8.93. The highest BCUT2D eigenvalue weighted by Crippen LogP contribution is 2.42. The van der Waals surface area contributed by atoms with Crippen molar-refractivity contribution in [3.8, 4) is 11.3 Å². The van der Waals surface area contributed by atoms with Crippen molar-refractivity contribution in [1.82, 2.24) is 0 Å². The van der Waals surface area contributed by atoms with Gasteiger partial charge in [-0.3, -0.25) is 0 Å². The van der Waals surface area contributed by atoms with Crippen molar-refractivity contribution < 1.29 is 21.3 Å². The first kappa shape index (κ1) is 12.7. The minimum atomic E-state index is -2.69. The standard InChI is InChI=1S/C28H31N2O/c1-16-11-13-22(29-8)27-24(16)21-12-10-17(2)25(26(21)31-27)23-14-20(15-28(5,6)7)18(3)19(4)30(23)9/h10-14H,15H2,1-7,9H3/q+1/i1D3,3D3,14D,15D2. The molecule has 0 unspecified atom stereocenters. The summed E-state index contributed by atoms with van der Waals surface area (Å²) in [5.41, 5.74) is 0.590. The van der Waals surface area contributed by atoms with E-state index in [1.165, 1.54) is 12.1 Å². The number of rotatable bonds is 2. The minimum Gasteiger partial charge on any atom is -0.466 e. The Morgan fingerprint density at radius 1 is 1.13 bits per heavy atom. The lowest BCUT2D eigenvalue weighted by Gasteiger charge is -2.20. The second kappa shape index (κ2) is 7.24. The number of furan rings is 1. The van der Waals surface area contributed by atoms with Crippen LogP contribution in [0, 0.1) is 39.5 Å². The van der Waals surface area contributed by atoms with Crippen LogP contribution in [0.25, 0.3) is 38.0 Å². The summed E-state index contributed by atoms with van der Waals surface area (Å²) < 4.78 is 84.2. The van der Waals surface area contributed by atoms with E-state index in [0.29, 0.717) is 16.5 Å². The topological polar surface area (TPSA) is 21.4 Å². The van der Waals surface area contributed by atoms with E-state index in [2.05, 4.69) is 4.85 Å². The maximum Gasteiger partial charge on any atom is 0.229 e. The van der Waals surface area contributed by atoms with E-state index in [0.717, 1.165) is 0 Å². The Kier molecular flexibility index (Phi) is 2.96. The molecule has 0 radical (unpaired) electrons. The highest BCUT2D eigenvalue weighted by atomic mass is 16.3. The predicted octanol–water partition coefficient (Wildman–Crippen LogP) is 7.45. The zero-order valence-corrected chi connectivity index (χ0v) is 18.6. The minimum absolute atomic E-state index is 0.0256. The van der Waals surface area contributed by atoms with Gasteiger partial charge in [0.1, 0.15) is 18.2 Å². The van der Waals surface area contributed by atoms with E-state index in [-0.39, 0.29) is 56.4 Å². The molecule has 0 N–H and O–H groups in total. The Morgan fingerprint density at radius 3 is 2.52 bits per heavy atom. The van der Waals surface area contributed by atoms with E-state index in [9.17, 15) is 1.37 Å². The van der Waals surface area contributed by atoms with Gasteiger partial charge >= 0.3 is 0 Å². The lowest BCUT2D eigenvalue weighted by atomic mass is 9.85. The highest BCUT2D eigenvalue weighted by molar-refractivity contribution is 6.14. The molecule has 0 amide bonds. The molecule has 0 spiro atoms. The van der Waals surface area contributed by atoms with Gasteiger partial charge in [-0.25, -0.2) is 4.85 Å². The molecule has 2 aromatic carbocycles. The van der Waals surface area contributed by atoms with Crippen molar-refractivity contribution in [1.29, 1.82) is 0 Å². The molecular weight excluding hydrogens is 380 g/mol. The van der Waals surface area contributed by atoms with E-state index < -0.39 is 25.5 Å². The lowest BCUT2D eigenvalue weighted by Crippen LogP contribution is -2.36. The number of nitrogens with zero attached hydrogens (tertiary/aromatic N) is 2. The fourth-order valence-electron chi connectivity index (χ4n) is 3.89. The van der Waals surface area contributed by atoms with Gasteiger partial charge in [-0.05, 0) is 49.1 Å². The van der Waals surface area contributed by atoms with Crippen molar-refractivity contribution >= 4 is 27.6 Å². The average molecular weight is 421 g/mol. The van der Waals surface area contributed by atoms with Crippen LogP contribution in [0.2, 0.25) is 0 Å². The van der Waals surface area contributed by atoms with Gasteiger partial charge in [-0.15, -0.1) is 0 Å². The molecule has 3 nitrogen and oxygen atoms in total. The zero-order valence-electron chi connectivity index (χ0n) is 27.6. The van der Waals surface area contributed by atoms with Crippen LogP contribution in [0.5, 0.6) is 0 Å². The normalized spacial score (nSPS) is 17.5. The number of hydrogen-bond acceptors (Lipinski definition) is 1. The number of fused-ring (bicyclic) bond motifs is 3. The quantitative estimate of drug-likeness (QED) is 0.244. The molecule has 0 aliphatic heterocycles. The van der Waals surface area contributed by atoms with Crippen LogP contribution >= 0.6 is 0 Å². The van der Waals surface area contributed by atoms with Crippen molar-refractivity contribution in [2.45, 2.75) is 54.7 Å². The fraction of sp³-hybridized carbons (Fsp3) is 0.357. The summed E-state index contributed by atoms with van der Waals surface area (Å²) in [4.78, 5) is 3.52. The van der Waals surface area contributed by atoms with Crippen LogP contribution in [0.3, 0.4) is 0 Å². The molecule has 0 aliphatic carbocycles. The second-order valence-corrected chi connectivity index (χ2v) is 8.93. The fourth-order valence-corrected chi connectivity index (χ4v) is 3.89. The number of pyridine rings is 1. The first-order valence-corrected chi connectivity index (χ1v) is 10.1. The van der Waals surface area contributed by atoms with Gasteiger partial charge in [-0.1, -0.05) is 45.0 Å². The molecule has 2 aromatic heterocycles. The summed E-state index contributed by atoms with van der Waals surface area (Å²) in [7, 11) is 1.62. The summed E-state index contributed by atoms with van der Waals surface area (Å²) in [5, 5.41) is 0.713. The molecule has 0 fully saturated rings. The van der Waals surface area contributed by atoms with Gasteiger partial charge in [0.15, 0.2) is 5.69 Å². The number of aromatic nitrogens is 1. The van der Waals surface area contributed by atoms with Gasteiger partial charge in [-0.2, -0.15) is 4.57 Å². The Labute approximate surface area is 197 Å². The largest absolute Gasteiger partial charge is 0.466 e. The molecule has 0 bridgehead atoms. The maximum absolute atomic E-state index is 9.31. The van der Waals surface area contributed by atoms with Gasteiger partial charge in [0.2, 0.25) is 11.4 Å². The SMILES string of the molecule is [2H]c1c(C([2H])([2H])C(C)(C)C)c(C([2H])([2H])[2H])c(C)[n+](C)c1-c1c(C)ccc2c1oc1c([N+]#[C-])ccc(C([2H])([2H])[2H])c12. The molecule has 3 heteroatoms. The molecule has 0 atom stereocenters. The first-order chi connectivity index (χ1) is 18.2. The zero-order chi connectivity index (χ0) is 30.3. The van der Waals surface area contributed by atoms with Gasteiger partial charge in [0.05, 0.1) is 13.5 Å². The Bertz CT molecular complexity index is 1730. The Balaban J connectivity index is 2.29. The number of hydrogen-bond donors (Lipinski definition) is 0. The van der Waals surface area contributed by atoms with E-state index in [1.807, 2.05) is 0 Å². The van der Waals surface area contributed by atoms with Gasteiger partial charge < -0.3 is 4.42 Å². The summed E-state index contributed by atoms with van der Waals surface area (Å²) in [6.07, 6.45) is -2.21. The summed E-state index contributed by atoms with van der Waals surface area (Å²) in [6.45, 7) is 10.8. The van der Waals surface area contributed by atoms with Gasteiger partial charge in [0, 0.05) is 40.3 Å². The molecule has 0 saturated heterocycles. The van der Waals surface area contributed by atoms with Crippen LogP contribution in [-0.2, 0) is 13.4 Å². The average Bonchev–Trinajstić information content (AvgIpc) is 3.19. The monoisotopic (exact) mass is 420 g/mol. The van der Waals surface area contributed by atoms with Crippen molar-refractivity contribution in [3.05, 3.63) is 69.7 Å². The molecule has 4 aromatic rings. The van der Waals surface area contributed by atoms with E-state index in [4.69, 9.17) is 22.0 Å². The summed E-state index contributed by atoms with van der Waals surface area (Å²) in [5.74, 6) is 0. The third kappa shape index (κ3) is 3.41. The molecular formula is C28H31N2O+. The molecule has 2 heterocycles. The third-order valence-corrected chi connectivity index (χ3v) is 5.53. The van der Waals surface area contributed by atoms with Crippen LogP contribution in [0.1, 0.15) is 61.1 Å². The van der Waals surface area contributed by atoms with Crippen LogP contribution in [0.4, 0.5) is 5.69 Å². The molecule has 4 rings (SSSR count). The van der Waals surface area contributed by atoms with Crippen LogP contribution in [0.15, 0.2) is 34.7 Å². The third-order valence-electron chi connectivity index (χ3n) is 5.53. The van der Waals surface area contributed by atoms with Crippen molar-refractivity contribution in [2.24, 2.45) is 12.5 Å². The van der Waals surface area contributed by atoms with E-state index in [1.54, 1.807) is 58.4 Å². The number of benzene rings is 2. The van der Waals surface area contributed by atoms with Crippen molar-refractivity contribution in [2.75, 3.05) is 0 Å².